The largest absolute Gasteiger partial charge is 0.335 e. The normalized spacial score (nSPS) is 23.7. The van der Waals surface area contributed by atoms with E-state index in [0.29, 0.717) is 19.5 Å². The molecule has 0 spiro atoms. The first-order valence-electron chi connectivity index (χ1n) is 6.47. The van der Waals surface area contributed by atoms with Crippen LogP contribution in [0.3, 0.4) is 0 Å². The van der Waals surface area contributed by atoms with Crippen LogP contribution in [-0.4, -0.2) is 40.7 Å². The first-order valence-corrected chi connectivity index (χ1v) is 8.14. The monoisotopic (exact) mass is 342 g/mol. The molecule has 1 atom stereocenters. The zero-order valence-electron chi connectivity index (χ0n) is 10.5. The van der Waals surface area contributed by atoms with Gasteiger partial charge >= 0.3 is 0 Å². The Labute approximate surface area is 124 Å². The van der Waals surface area contributed by atoms with Crippen molar-refractivity contribution in [1.82, 2.24) is 9.80 Å². The highest BCUT2D eigenvalue weighted by Gasteiger charge is 2.39. The summed E-state index contributed by atoms with van der Waals surface area (Å²) in [5, 5.41) is 2.01. The van der Waals surface area contributed by atoms with Crippen LogP contribution in [-0.2, 0) is 16.1 Å². The average molecular weight is 343 g/mol. The van der Waals surface area contributed by atoms with Crippen LogP contribution in [0.15, 0.2) is 15.9 Å². The molecule has 0 bridgehead atoms. The number of nitrogens with zero attached hydrogens (tertiary/aromatic N) is 2. The van der Waals surface area contributed by atoms with Crippen molar-refractivity contribution in [3.8, 4) is 0 Å². The molecule has 0 saturated carbocycles. The molecule has 3 rings (SSSR count). The number of thiophene rings is 1. The van der Waals surface area contributed by atoms with Crippen molar-refractivity contribution in [3.63, 3.8) is 0 Å². The van der Waals surface area contributed by atoms with Crippen LogP contribution < -0.4 is 0 Å². The number of hydrogen-bond donors (Lipinski definition) is 0. The highest BCUT2D eigenvalue weighted by molar-refractivity contribution is 9.10. The minimum Gasteiger partial charge on any atom is -0.335 e. The van der Waals surface area contributed by atoms with Gasteiger partial charge in [-0.15, -0.1) is 11.3 Å². The van der Waals surface area contributed by atoms with Gasteiger partial charge in [-0.25, -0.2) is 0 Å². The molecule has 1 unspecified atom stereocenters. The molecule has 1 aromatic rings. The Hall–Kier alpha value is -0.880. The minimum atomic E-state index is -0.214. The number of rotatable bonds is 2. The van der Waals surface area contributed by atoms with Gasteiger partial charge in [-0.2, -0.15) is 0 Å². The number of hydrogen-bond acceptors (Lipinski definition) is 3. The molecule has 3 heterocycles. The summed E-state index contributed by atoms with van der Waals surface area (Å²) in [7, 11) is 0. The van der Waals surface area contributed by atoms with Gasteiger partial charge in [0, 0.05) is 28.9 Å². The molecule has 4 nitrogen and oxygen atoms in total. The van der Waals surface area contributed by atoms with Crippen LogP contribution in [0.25, 0.3) is 0 Å². The molecule has 2 saturated heterocycles. The van der Waals surface area contributed by atoms with Crippen LogP contribution in [0.1, 0.15) is 24.1 Å². The number of fused-ring (bicyclic) bond motifs is 1. The first kappa shape index (κ1) is 13.1. The molecule has 0 aromatic carbocycles. The van der Waals surface area contributed by atoms with Gasteiger partial charge in [-0.05, 0) is 40.2 Å². The van der Waals surface area contributed by atoms with Crippen LogP contribution >= 0.6 is 27.3 Å². The summed E-state index contributed by atoms with van der Waals surface area (Å²) in [6.07, 6.45) is 2.20. The maximum absolute atomic E-state index is 12.5. The van der Waals surface area contributed by atoms with E-state index in [2.05, 4.69) is 15.9 Å². The van der Waals surface area contributed by atoms with E-state index in [9.17, 15) is 9.59 Å². The number of halogens is 1. The van der Waals surface area contributed by atoms with Gasteiger partial charge in [0.2, 0.25) is 11.8 Å². The number of carbonyl (C=O) groups is 2. The molecule has 6 heteroatoms. The van der Waals surface area contributed by atoms with Crippen molar-refractivity contribution in [2.45, 2.75) is 31.8 Å². The van der Waals surface area contributed by atoms with Crippen molar-refractivity contribution in [2.75, 3.05) is 13.1 Å². The second kappa shape index (κ2) is 5.25. The van der Waals surface area contributed by atoms with Crippen molar-refractivity contribution >= 4 is 39.1 Å². The van der Waals surface area contributed by atoms with E-state index in [0.717, 1.165) is 28.7 Å². The maximum atomic E-state index is 12.5. The third-order valence-electron chi connectivity index (χ3n) is 3.79. The summed E-state index contributed by atoms with van der Waals surface area (Å²) >= 11 is 5.13. The Kier molecular flexibility index (Phi) is 3.62. The lowest BCUT2D eigenvalue weighted by atomic mass is 10.2. The lowest BCUT2D eigenvalue weighted by Crippen LogP contribution is -2.43. The molecule has 2 aliphatic rings. The fraction of sp³-hybridized carbons (Fsp3) is 0.538. The second-order valence-electron chi connectivity index (χ2n) is 4.95. The average Bonchev–Trinajstić information content (AvgIpc) is 3.00. The zero-order valence-corrected chi connectivity index (χ0v) is 12.9. The number of carbonyl (C=O) groups excluding carboxylic acids is 2. The van der Waals surface area contributed by atoms with E-state index < -0.39 is 0 Å². The third kappa shape index (κ3) is 2.43. The van der Waals surface area contributed by atoms with Crippen LogP contribution in [0.2, 0.25) is 0 Å². The molecule has 2 aliphatic heterocycles. The van der Waals surface area contributed by atoms with Crippen LogP contribution in [0.4, 0.5) is 0 Å². The lowest BCUT2D eigenvalue weighted by Gasteiger charge is -2.24. The van der Waals surface area contributed by atoms with E-state index in [1.807, 2.05) is 16.3 Å². The summed E-state index contributed by atoms with van der Waals surface area (Å²) in [6, 6.07) is 1.78. The van der Waals surface area contributed by atoms with Crippen molar-refractivity contribution in [3.05, 3.63) is 20.8 Å². The quantitative estimate of drug-likeness (QED) is 0.826. The molecular weight excluding hydrogens is 328 g/mol. The summed E-state index contributed by atoms with van der Waals surface area (Å²) in [4.78, 5) is 29.3. The molecule has 102 valence electrons. The summed E-state index contributed by atoms with van der Waals surface area (Å²) in [5.41, 5.74) is 0. The van der Waals surface area contributed by atoms with Gasteiger partial charge in [0.15, 0.2) is 0 Å². The van der Waals surface area contributed by atoms with E-state index in [1.54, 1.807) is 16.2 Å². The molecule has 0 N–H and O–H groups in total. The molecule has 0 radical (unpaired) electrons. The molecule has 19 heavy (non-hydrogen) atoms. The van der Waals surface area contributed by atoms with Crippen molar-refractivity contribution in [2.24, 2.45) is 0 Å². The second-order valence-corrected chi connectivity index (χ2v) is 6.80. The third-order valence-corrected chi connectivity index (χ3v) is 5.70. The smallest absolute Gasteiger partial charge is 0.245 e. The van der Waals surface area contributed by atoms with Gasteiger partial charge in [0.1, 0.15) is 6.04 Å². The highest BCUT2D eigenvalue weighted by Crippen LogP contribution is 2.28. The van der Waals surface area contributed by atoms with E-state index >= 15 is 0 Å². The molecule has 1 aromatic heterocycles. The van der Waals surface area contributed by atoms with Gasteiger partial charge in [-0.3, -0.25) is 9.59 Å². The van der Waals surface area contributed by atoms with E-state index in [4.69, 9.17) is 0 Å². The van der Waals surface area contributed by atoms with Gasteiger partial charge in [-0.1, -0.05) is 0 Å². The van der Waals surface area contributed by atoms with Gasteiger partial charge < -0.3 is 9.80 Å². The predicted octanol–water partition coefficient (Wildman–Crippen LogP) is 2.23. The predicted molar refractivity (Wildman–Crippen MR) is 76.8 cm³/mol. The fourth-order valence-corrected chi connectivity index (χ4v) is 4.28. The molecule has 2 fully saturated rings. The van der Waals surface area contributed by atoms with Crippen molar-refractivity contribution in [1.29, 1.82) is 0 Å². The summed E-state index contributed by atoms with van der Waals surface area (Å²) in [6.45, 7) is 1.88. The van der Waals surface area contributed by atoms with E-state index in [-0.39, 0.29) is 17.9 Å². The first-order chi connectivity index (χ1) is 9.16. The standard InChI is InChI=1S/C13H15BrN2O2S/c14-9-4-7-19-11(9)8-15-6-3-12(17)16-5-1-2-10(16)13(15)18/h4,7,10H,1-3,5-6,8H2. The SMILES string of the molecule is O=C1C2CCCN2C(=O)CCN1Cc1sccc1Br. The van der Waals surface area contributed by atoms with E-state index in [1.165, 1.54) is 0 Å². The topological polar surface area (TPSA) is 40.6 Å². The maximum Gasteiger partial charge on any atom is 0.245 e. The van der Waals surface area contributed by atoms with Gasteiger partial charge in [0.25, 0.3) is 0 Å². The highest BCUT2D eigenvalue weighted by atomic mass is 79.9. The minimum absolute atomic E-state index is 0.114. The van der Waals surface area contributed by atoms with Crippen LogP contribution in [0.5, 0.6) is 0 Å². The van der Waals surface area contributed by atoms with Gasteiger partial charge in [0.05, 0.1) is 6.54 Å². The summed E-state index contributed by atoms with van der Waals surface area (Å²) < 4.78 is 1.05. The van der Waals surface area contributed by atoms with Crippen molar-refractivity contribution < 1.29 is 9.59 Å². The Morgan fingerprint density at radius 3 is 2.95 bits per heavy atom. The number of amides is 2. The lowest BCUT2D eigenvalue weighted by molar-refractivity contribution is -0.139. The summed E-state index contributed by atoms with van der Waals surface area (Å²) in [5.74, 6) is 0.243. The Morgan fingerprint density at radius 2 is 2.21 bits per heavy atom. The molecular formula is C13H15BrN2O2S. The Balaban J connectivity index is 1.80. The van der Waals surface area contributed by atoms with Crippen LogP contribution in [0, 0.1) is 0 Å². The zero-order chi connectivity index (χ0) is 13.4. The Bertz CT molecular complexity index is 516. The fourth-order valence-electron chi connectivity index (χ4n) is 2.79. The molecule has 0 aliphatic carbocycles. The Morgan fingerprint density at radius 1 is 1.37 bits per heavy atom. The molecule has 2 amide bonds.